The number of terminal acetylenes is 1. The molecule has 1 aromatic carbocycles. The number of aliphatic carboxylic acids is 1. The quantitative estimate of drug-likeness (QED) is 0.836. The molecule has 1 aromatic rings. The number of hydrogen-bond acceptors (Lipinski definition) is 2. The molecule has 0 amide bonds. The molecule has 1 N–H and O–H groups in total. The first-order chi connectivity index (χ1) is 8.45. The van der Waals surface area contributed by atoms with E-state index in [1.165, 1.54) is 18.2 Å². The van der Waals surface area contributed by atoms with Gasteiger partial charge >= 0.3 is 5.97 Å². The third-order valence-corrected chi connectivity index (χ3v) is 2.76. The Morgan fingerprint density at radius 3 is 2.83 bits per heavy atom. The second-order valence-electron chi connectivity index (χ2n) is 3.92. The van der Waals surface area contributed by atoms with Gasteiger partial charge in [0.2, 0.25) is 0 Å². The van der Waals surface area contributed by atoms with Crippen LogP contribution in [0.3, 0.4) is 0 Å². The van der Waals surface area contributed by atoms with Gasteiger partial charge in [0.1, 0.15) is 5.82 Å². The summed E-state index contributed by atoms with van der Waals surface area (Å²) >= 11 is 5.69. The normalized spacial score (nSPS) is 11.7. The summed E-state index contributed by atoms with van der Waals surface area (Å²) < 4.78 is 13.1. The molecular weight excluding hydrogens is 257 g/mol. The van der Waals surface area contributed by atoms with Crippen molar-refractivity contribution in [2.75, 3.05) is 18.0 Å². The monoisotopic (exact) mass is 269 g/mol. The van der Waals surface area contributed by atoms with Crippen molar-refractivity contribution in [1.82, 2.24) is 0 Å². The number of carbonyl (C=O) groups is 1. The number of hydrogen-bond donors (Lipinski definition) is 1. The van der Waals surface area contributed by atoms with Crippen molar-refractivity contribution >= 4 is 23.3 Å². The molecule has 0 spiro atoms. The average molecular weight is 270 g/mol. The second kappa shape index (κ2) is 6.27. The minimum absolute atomic E-state index is 0.0162. The van der Waals surface area contributed by atoms with E-state index in [-0.39, 0.29) is 18.1 Å². The lowest BCUT2D eigenvalue weighted by molar-refractivity contribution is -0.140. The maximum absolute atomic E-state index is 13.1. The third-order valence-electron chi connectivity index (χ3n) is 2.47. The van der Waals surface area contributed by atoms with Gasteiger partial charge in [-0.25, -0.2) is 4.39 Å². The van der Waals surface area contributed by atoms with E-state index in [0.29, 0.717) is 5.69 Å². The number of carboxylic acids is 1. The minimum Gasteiger partial charge on any atom is -0.481 e. The molecule has 0 aliphatic rings. The summed E-state index contributed by atoms with van der Waals surface area (Å²) in [6.45, 7) is 2.05. The van der Waals surface area contributed by atoms with E-state index < -0.39 is 17.7 Å². The predicted molar refractivity (Wildman–Crippen MR) is 69.3 cm³/mol. The molecule has 3 nitrogen and oxygen atoms in total. The highest BCUT2D eigenvalue weighted by molar-refractivity contribution is 6.31. The smallest absolute Gasteiger partial charge is 0.308 e. The summed E-state index contributed by atoms with van der Waals surface area (Å²) in [5, 5.41) is 8.86. The SMILES string of the molecule is C#CCN(CC(C)C(=O)O)c1ccc(F)c(Cl)c1. The van der Waals surface area contributed by atoms with Crippen molar-refractivity contribution in [2.45, 2.75) is 6.92 Å². The van der Waals surface area contributed by atoms with Gasteiger partial charge in [-0.05, 0) is 18.2 Å². The number of nitrogens with zero attached hydrogens (tertiary/aromatic N) is 1. The lowest BCUT2D eigenvalue weighted by atomic mass is 10.1. The Morgan fingerprint density at radius 2 is 2.33 bits per heavy atom. The molecule has 0 bridgehead atoms. The van der Waals surface area contributed by atoms with Gasteiger partial charge < -0.3 is 10.0 Å². The third kappa shape index (κ3) is 3.64. The van der Waals surface area contributed by atoms with Gasteiger partial charge in [-0.2, -0.15) is 0 Å². The van der Waals surface area contributed by atoms with Crippen LogP contribution in [0.15, 0.2) is 18.2 Å². The Balaban J connectivity index is 2.94. The maximum Gasteiger partial charge on any atom is 0.308 e. The molecule has 0 aliphatic carbocycles. The molecule has 0 radical (unpaired) electrons. The molecular formula is C13H13ClFNO2. The Kier molecular flexibility index (Phi) is 4.99. The number of carboxylic acid groups (broad SMARTS) is 1. The van der Waals surface area contributed by atoms with Gasteiger partial charge in [-0.3, -0.25) is 4.79 Å². The fraction of sp³-hybridized carbons (Fsp3) is 0.308. The van der Waals surface area contributed by atoms with E-state index in [2.05, 4.69) is 5.92 Å². The molecule has 0 aromatic heterocycles. The standard InChI is InChI=1S/C13H13ClFNO2/c1-3-6-16(8-9(2)13(17)18)10-4-5-12(15)11(14)7-10/h1,4-5,7,9H,6,8H2,2H3,(H,17,18). The topological polar surface area (TPSA) is 40.5 Å². The van der Waals surface area contributed by atoms with Crippen LogP contribution in [0.2, 0.25) is 5.02 Å². The van der Waals surface area contributed by atoms with E-state index in [1.54, 1.807) is 11.8 Å². The summed E-state index contributed by atoms with van der Waals surface area (Å²) in [6.07, 6.45) is 5.24. The van der Waals surface area contributed by atoms with E-state index >= 15 is 0 Å². The summed E-state index contributed by atoms with van der Waals surface area (Å²) in [5.41, 5.74) is 0.604. The van der Waals surface area contributed by atoms with Crippen LogP contribution in [0.5, 0.6) is 0 Å². The van der Waals surface area contributed by atoms with Crippen molar-refractivity contribution in [2.24, 2.45) is 5.92 Å². The van der Waals surface area contributed by atoms with Gasteiger partial charge in [-0.15, -0.1) is 6.42 Å². The first kappa shape index (κ1) is 14.3. The van der Waals surface area contributed by atoms with Crippen LogP contribution >= 0.6 is 11.6 Å². The summed E-state index contributed by atoms with van der Waals surface area (Å²) in [7, 11) is 0. The molecule has 1 unspecified atom stereocenters. The summed E-state index contributed by atoms with van der Waals surface area (Å²) in [6, 6.07) is 4.18. The maximum atomic E-state index is 13.1. The molecule has 18 heavy (non-hydrogen) atoms. The van der Waals surface area contributed by atoms with Crippen LogP contribution in [-0.4, -0.2) is 24.2 Å². The molecule has 96 valence electrons. The molecule has 5 heteroatoms. The van der Waals surface area contributed by atoms with Crippen molar-refractivity contribution in [3.8, 4) is 12.3 Å². The van der Waals surface area contributed by atoms with Crippen LogP contribution in [0.1, 0.15) is 6.92 Å². The zero-order valence-electron chi connectivity index (χ0n) is 9.86. The zero-order chi connectivity index (χ0) is 13.7. The van der Waals surface area contributed by atoms with Crippen LogP contribution in [0, 0.1) is 24.1 Å². The number of rotatable bonds is 5. The average Bonchev–Trinajstić information content (AvgIpc) is 2.32. The highest BCUT2D eigenvalue weighted by atomic mass is 35.5. The molecule has 0 fully saturated rings. The fourth-order valence-corrected chi connectivity index (χ4v) is 1.64. The summed E-state index contributed by atoms with van der Waals surface area (Å²) in [5.74, 6) is 0.427. The highest BCUT2D eigenvalue weighted by Gasteiger charge is 2.16. The molecule has 0 saturated carbocycles. The zero-order valence-corrected chi connectivity index (χ0v) is 10.6. The van der Waals surface area contributed by atoms with Crippen molar-refractivity contribution < 1.29 is 14.3 Å². The van der Waals surface area contributed by atoms with Crippen molar-refractivity contribution in [3.63, 3.8) is 0 Å². The highest BCUT2D eigenvalue weighted by Crippen LogP contribution is 2.23. The van der Waals surface area contributed by atoms with Crippen LogP contribution < -0.4 is 4.90 Å². The lowest BCUT2D eigenvalue weighted by Gasteiger charge is -2.24. The lowest BCUT2D eigenvalue weighted by Crippen LogP contribution is -2.32. The van der Waals surface area contributed by atoms with Crippen molar-refractivity contribution in [3.05, 3.63) is 29.0 Å². The summed E-state index contributed by atoms with van der Waals surface area (Å²) in [4.78, 5) is 12.5. The van der Waals surface area contributed by atoms with E-state index in [1.807, 2.05) is 0 Å². The van der Waals surface area contributed by atoms with Gasteiger partial charge in [0.25, 0.3) is 0 Å². The fourth-order valence-electron chi connectivity index (χ4n) is 1.46. The number of halogens is 2. The van der Waals surface area contributed by atoms with Crippen LogP contribution in [0.25, 0.3) is 0 Å². The van der Waals surface area contributed by atoms with Gasteiger partial charge in [0.15, 0.2) is 0 Å². The largest absolute Gasteiger partial charge is 0.481 e. The van der Waals surface area contributed by atoms with E-state index in [4.69, 9.17) is 23.1 Å². The number of benzene rings is 1. The van der Waals surface area contributed by atoms with Gasteiger partial charge in [0, 0.05) is 12.2 Å². The van der Waals surface area contributed by atoms with Crippen LogP contribution in [0.4, 0.5) is 10.1 Å². The Hall–Kier alpha value is -1.73. The molecule has 0 heterocycles. The van der Waals surface area contributed by atoms with E-state index in [0.717, 1.165) is 0 Å². The van der Waals surface area contributed by atoms with Crippen LogP contribution in [-0.2, 0) is 4.79 Å². The first-order valence-electron chi connectivity index (χ1n) is 5.32. The molecule has 1 atom stereocenters. The Labute approximate surface area is 110 Å². The second-order valence-corrected chi connectivity index (χ2v) is 4.33. The Bertz CT molecular complexity index is 484. The minimum atomic E-state index is -0.912. The molecule has 0 aliphatic heterocycles. The Morgan fingerprint density at radius 1 is 1.67 bits per heavy atom. The first-order valence-corrected chi connectivity index (χ1v) is 5.69. The number of anilines is 1. The molecule has 1 rings (SSSR count). The molecule has 0 saturated heterocycles. The van der Waals surface area contributed by atoms with E-state index in [9.17, 15) is 9.18 Å². The van der Waals surface area contributed by atoms with Crippen molar-refractivity contribution in [1.29, 1.82) is 0 Å². The van der Waals surface area contributed by atoms with Gasteiger partial charge in [-0.1, -0.05) is 24.4 Å². The predicted octanol–water partition coefficient (Wildman–Crippen LogP) is 2.64. The van der Waals surface area contributed by atoms with Gasteiger partial charge in [0.05, 0.1) is 17.5 Å².